The fourth-order valence-electron chi connectivity index (χ4n) is 4.38. The van der Waals surface area contributed by atoms with E-state index >= 15 is 0 Å². The highest BCUT2D eigenvalue weighted by Crippen LogP contribution is 2.35. The van der Waals surface area contributed by atoms with Gasteiger partial charge in [0.2, 0.25) is 5.95 Å². The molecule has 0 saturated carbocycles. The molecule has 0 spiro atoms. The Labute approximate surface area is 207 Å². The number of hydrogen-bond acceptors (Lipinski definition) is 8. The molecule has 1 aromatic carbocycles. The SMILES string of the molecule is COc1cc2c(Nc3ncc(C)s3)nc(N3CCC(F)(F)CC3)nc2cc1C#CCN1CCCC1. The van der Waals surface area contributed by atoms with Crippen LogP contribution in [-0.4, -0.2) is 65.6 Å². The first-order valence-electron chi connectivity index (χ1n) is 11.8. The number of thiazole rings is 1. The van der Waals surface area contributed by atoms with Crippen LogP contribution in [0.2, 0.25) is 0 Å². The second-order valence-corrected chi connectivity index (χ2v) is 10.2. The Kier molecular flexibility index (Phi) is 6.71. The van der Waals surface area contributed by atoms with Crippen LogP contribution >= 0.6 is 11.3 Å². The molecular weight excluding hydrogens is 470 g/mol. The van der Waals surface area contributed by atoms with E-state index < -0.39 is 5.92 Å². The van der Waals surface area contributed by atoms with E-state index in [1.54, 1.807) is 13.3 Å². The number of likely N-dealkylation sites (tertiary alicyclic amines) is 1. The van der Waals surface area contributed by atoms with Crippen molar-refractivity contribution in [2.45, 2.75) is 38.5 Å². The molecule has 2 aliphatic rings. The number of hydrogen-bond donors (Lipinski definition) is 1. The lowest BCUT2D eigenvalue weighted by Crippen LogP contribution is -2.40. The minimum Gasteiger partial charge on any atom is -0.495 e. The standard InChI is InChI=1S/C25H28F2N6OS/c1-17-16-28-24(35-17)31-22-19-15-21(34-2)18(6-5-11-32-9-3-4-10-32)14-20(19)29-23(30-22)33-12-7-25(26,27)8-13-33/h14-16H,3-4,7-13H2,1-2H3,(H,28,29,30,31). The first-order valence-corrected chi connectivity index (χ1v) is 12.7. The molecule has 0 unspecified atom stereocenters. The van der Waals surface area contributed by atoms with Gasteiger partial charge in [-0.25, -0.2) is 18.7 Å². The van der Waals surface area contributed by atoms with Crippen molar-refractivity contribution in [1.29, 1.82) is 0 Å². The lowest BCUT2D eigenvalue weighted by molar-refractivity contribution is -0.0222. The van der Waals surface area contributed by atoms with E-state index in [0.29, 0.717) is 34.7 Å². The first kappa shape index (κ1) is 23.7. The number of methoxy groups -OCH3 is 1. The zero-order valence-electron chi connectivity index (χ0n) is 19.9. The van der Waals surface area contributed by atoms with Gasteiger partial charge in [-0.3, -0.25) is 4.90 Å². The number of rotatable bonds is 5. The van der Waals surface area contributed by atoms with Gasteiger partial charge in [0.15, 0.2) is 5.13 Å². The zero-order chi connectivity index (χ0) is 24.4. The van der Waals surface area contributed by atoms with Gasteiger partial charge in [0.05, 0.1) is 24.7 Å². The summed E-state index contributed by atoms with van der Waals surface area (Å²) in [6.07, 6.45) is 3.81. The van der Waals surface area contributed by atoms with E-state index in [4.69, 9.17) is 14.7 Å². The highest BCUT2D eigenvalue weighted by atomic mass is 32.1. The molecule has 10 heteroatoms. The number of benzene rings is 1. The Bertz CT molecular complexity index is 1270. The van der Waals surface area contributed by atoms with Crippen LogP contribution in [0.25, 0.3) is 10.9 Å². The second kappa shape index (κ2) is 9.91. The van der Waals surface area contributed by atoms with E-state index in [1.807, 2.05) is 24.0 Å². The van der Waals surface area contributed by atoms with Gasteiger partial charge in [0.25, 0.3) is 5.92 Å². The predicted molar refractivity (Wildman–Crippen MR) is 135 cm³/mol. The van der Waals surface area contributed by atoms with Gasteiger partial charge in [-0.05, 0) is 45.0 Å². The van der Waals surface area contributed by atoms with E-state index in [-0.39, 0.29) is 25.9 Å². The van der Waals surface area contributed by atoms with Crippen LogP contribution in [0.5, 0.6) is 5.75 Å². The van der Waals surface area contributed by atoms with Crippen LogP contribution < -0.4 is 15.0 Å². The Balaban J connectivity index is 1.53. The quantitative estimate of drug-likeness (QED) is 0.506. The van der Waals surface area contributed by atoms with Crippen molar-refractivity contribution in [2.75, 3.05) is 50.1 Å². The Hall–Kier alpha value is -3.03. The lowest BCUT2D eigenvalue weighted by Gasteiger charge is -2.32. The molecule has 7 nitrogen and oxygen atoms in total. The highest BCUT2D eigenvalue weighted by Gasteiger charge is 2.35. The van der Waals surface area contributed by atoms with Gasteiger partial charge in [0, 0.05) is 42.4 Å². The molecule has 0 atom stereocenters. The molecule has 1 N–H and O–H groups in total. The molecule has 0 bridgehead atoms. The van der Waals surface area contributed by atoms with Crippen molar-refractivity contribution in [1.82, 2.24) is 19.9 Å². The summed E-state index contributed by atoms with van der Waals surface area (Å²) in [7, 11) is 1.62. The highest BCUT2D eigenvalue weighted by molar-refractivity contribution is 7.15. The summed E-state index contributed by atoms with van der Waals surface area (Å²) in [4.78, 5) is 19.1. The third-order valence-electron chi connectivity index (χ3n) is 6.35. The monoisotopic (exact) mass is 498 g/mol. The van der Waals surface area contributed by atoms with Crippen LogP contribution in [-0.2, 0) is 0 Å². The fourth-order valence-corrected chi connectivity index (χ4v) is 5.05. The van der Waals surface area contributed by atoms with E-state index in [1.165, 1.54) is 24.2 Å². The van der Waals surface area contributed by atoms with Gasteiger partial charge in [-0.15, -0.1) is 11.3 Å². The molecule has 2 saturated heterocycles. The first-order chi connectivity index (χ1) is 16.9. The summed E-state index contributed by atoms with van der Waals surface area (Å²) in [6, 6.07) is 3.78. The molecule has 184 valence electrons. The number of nitrogens with zero attached hydrogens (tertiary/aromatic N) is 5. The Morgan fingerprint density at radius 2 is 1.91 bits per heavy atom. The molecule has 5 rings (SSSR count). The molecule has 2 aliphatic heterocycles. The molecule has 35 heavy (non-hydrogen) atoms. The zero-order valence-corrected chi connectivity index (χ0v) is 20.7. The van der Waals surface area contributed by atoms with E-state index in [0.717, 1.165) is 28.9 Å². The number of ether oxygens (including phenoxy) is 1. The number of aromatic nitrogens is 3. The molecular formula is C25H28F2N6OS. The van der Waals surface area contributed by atoms with Crippen molar-refractivity contribution in [2.24, 2.45) is 0 Å². The van der Waals surface area contributed by atoms with Crippen LogP contribution in [0.15, 0.2) is 18.3 Å². The molecule has 2 aromatic heterocycles. The van der Waals surface area contributed by atoms with Gasteiger partial charge in [0.1, 0.15) is 11.6 Å². The topological polar surface area (TPSA) is 66.4 Å². The summed E-state index contributed by atoms with van der Waals surface area (Å²) in [5.41, 5.74) is 1.42. The number of piperidine rings is 1. The average molecular weight is 499 g/mol. The maximum atomic E-state index is 13.8. The summed E-state index contributed by atoms with van der Waals surface area (Å²) < 4.78 is 33.2. The van der Waals surface area contributed by atoms with Crippen molar-refractivity contribution in [3.05, 3.63) is 28.8 Å². The van der Waals surface area contributed by atoms with Crippen LogP contribution in [0.1, 0.15) is 36.1 Å². The predicted octanol–water partition coefficient (Wildman–Crippen LogP) is 4.83. The molecule has 4 heterocycles. The van der Waals surface area contributed by atoms with Crippen molar-refractivity contribution >= 4 is 39.1 Å². The van der Waals surface area contributed by atoms with Gasteiger partial charge >= 0.3 is 0 Å². The van der Waals surface area contributed by atoms with Crippen molar-refractivity contribution < 1.29 is 13.5 Å². The van der Waals surface area contributed by atoms with Gasteiger partial charge in [-0.1, -0.05) is 11.8 Å². The molecule has 0 radical (unpaired) electrons. The minimum atomic E-state index is -2.64. The summed E-state index contributed by atoms with van der Waals surface area (Å²) in [5, 5.41) is 4.75. The smallest absolute Gasteiger partial charge is 0.251 e. The summed E-state index contributed by atoms with van der Waals surface area (Å²) in [5.74, 6) is 5.49. The minimum absolute atomic E-state index is 0.201. The third-order valence-corrected chi connectivity index (χ3v) is 7.18. The summed E-state index contributed by atoms with van der Waals surface area (Å²) >= 11 is 1.51. The van der Waals surface area contributed by atoms with Crippen LogP contribution in [0, 0.1) is 18.8 Å². The maximum Gasteiger partial charge on any atom is 0.251 e. The molecule has 0 aliphatic carbocycles. The number of anilines is 3. The third kappa shape index (κ3) is 5.46. The van der Waals surface area contributed by atoms with Gasteiger partial charge < -0.3 is 15.0 Å². The molecule has 0 amide bonds. The van der Waals surface area contributed by atoms with Crippen molar-refractivity contribution in [3.63, 3.8) is 0 Å². The lowest BCUT2D eigenvalue weighted by atomic mass is 10.1. The Morgan fingerprint density at radius 3 is 2.60 bits per heavy atom. The number of nitrogens with one attached hydrogen (secondary N) is 1. The number of alkyl halides is 2. The van der Waals surface area contributed by atoms with Crippen LogP contribution in [0.3, 0.4) is 0 Å². The number of aryl methyl sites for hydroxylation is 1. The molecule has 2 fully saturated rings. The fraction of sp³-hybridized carbons (Fsp3) is 0.480. The number of halogens is 2. The van der Waals surface area contributed by atoms with Crippen molar-refractivity contribution in [3.8, 4) is 17.6 Å². The van der Waals surface area contributed by atoms with E-state index in [9.17, 15) is 8.78 Å². The normalized spacial score (nSPS) is 17.9. The largest absolute Gasteiger partial charge is 0.495 e. The Morgan fingerprint density at radius 1 is 1.14 bits per heavy atom. The summed E-state index contributed by atoms with van der Waals surface area (Å²) in [6.45, 7) is 5.27. The van der Waals surface area contributed by atoms with Gasteiger partial charge in [-0.2, -0.15) is 4.98 Å². The van der Waals surface area contributed by atoms with Crippen LogP contribution in [0.4, 0.5) is 25.7 Å². The number of fused-ring (bicyclic) bond motifs is 1. The maximum absolute atomic E-state index is 13.8. The molecule has 3 aromatic rings. The second-order valence-electron chi connectivity index (χ2n) is 8.97. The average Bonchev–Trinajstić information content (AvgIpc) is 3.50. The van der Waals surface area contributed by atoms with E-state index in [2.05, 4.69) is 27.0 Å².